The Hall–Kier alpha value is 0.0600. The summed E-state index contributed by atoms with van der Waals surface area (Å²) in [4.78, 5) is 33.1. The van der Waals surface area contributed by atoms with E-state index >= 15 is 0 Å². The van der Waals surface area contributed by atoms with E-state index in [1.54, 1.807) is 13.2 Å². The van der Waals surface area contributed by atoms with Crippen molar-refractivity contribution in [3.05, 3.63) is 0 Å². The number of halogens is 1. The molecule has 2 saturated heterocycles. The summed E-state index contributed by atoms with van der Waals surface area (Å²) in [6.07, 6.45) is -2.50. The monoisotopic (exact) mass is 490 g/mol. The Balaban J connectivity index is 2.17. The molecule has 2 rings (SSSR count). The highest BCUT2D eigenvalue weighted by Crippen LogP contribution is 2.43. The van der Waals surface area contributed by atoms with Gasteiger partial charge in [-0.25, -0.2) is 4.57 Å². The number of ether oxygens (including phenoxy) is 1. The number of phosphoric ester groups is 1. The van der Waals surface area contributed by atoms with Crippen molar-refractivity contribution in [2.24, 2.45) is 5.92 Å². The average Bonchev–Trinajstić information content (AvgIpc) is 3.04. The molecular weight excluding hydrogens is 459 g/mol. The Morgan fingerprint density at radius 3 is 2.50 bits per heavy atom. The zero-order valence-electron chi connectivity index (χ0n) is 17.4. The van der Waals surface area contributed by atoms with Gasteiger partial charge in [0.15, 0.2) is 0 Å². The molecule has 2 heterocycles. The van der Waals surface area contributed by atoms with Crippen LogP contribution in [0.3, 0.4) is 0 Å². The zero-order chi connectivity index (χ0) is 22.8. The number of aliphatic hydroxyl groups excluding tert-OH is 2. The number of likely N-dealkylation sites (tertiary alicyclic amines) is 1. The lowest BCUT2D eigenvalue weighted by Gasteiger charge is -2.45. The molecule has 2 fully saturated rings. The summed E-state index contributed by atoms with van der Waals surface area (Å²) < 4.78 is 21.7. The van der Waals surface area contributed by atoms with E-state index in [-0.39, 0.29) is 11.9 Å². The van der Waals surface area contributed by atoms with Crippen molar-refractivity contribution in [1.29, 1.82) is 0 Å². The van der Waals surface area contributed by atoms with Crippen molar-refractivity contribution in [2.75, 3.05) is 19.8 Å². The largest absolute Gasteiger partial charge is 0.470 e. The summed E-state index contributed by atoms with van der Waals surface area (Å²) in [6, 6.07) is -1.18. The molecule has 9 atom stereocenters. The maximum atomic E-state index is 12.9. The van der Waals surface area contributed by atoms with Crippen LogP contribution < -0.4 is 5.32 Å². The first-order valence-corrected chi connectivity index (χ1v) is 13.1. The van der Waals surface area contributed by atoms with Gasteiger partial charge in [-0.3, -0.25) is 14.2 Å². The minimum atomic E-state index is -4.93. The number of rotatable bonds is 8. The van der Waals surface area contributed by atoms with E-state index in [2.05, 4.69) is 16.8 Å². The summed E-state index contributed by atoms with van der Waals surface area (Å²) in [6.45, 7) is 4.52. The Labute approximate surface area is 185 Å². The van der Waals surface area contributed by atoms with E-state index in [1.807, 2.05) is 11.9 Å². The van der Waals surface area contributed by atoms with Gasteiger partial charge >= 0.3 is 7.82 Å². The first-order chi connectivity index (χ1) is 13.9. The van der Waals surface area contributed by atoms with Gasteiger partial charge in [0.1, 0.15) is 29.9 Å². The van der Waals surface area contributed by atoms with E-state index < -0.39 is 49.1 Å². The Bertz CT molecular complexity index is 639. The number of carbonyl (C=O) groups is 1. The van der Waals surface area contributed by atoms with Crippen LogP contribution in [-0.2, 0) is 18.6 Å². The van der Waals surface area contributed by atoms with Crippen LogP contribution in [0, 0.1) is 5.92 Å². The second-order valence-electron chi connectivity index (χ2n) is 7.92. The minimum absolute atomic E-state index is 0.245. The average molecular weight is 491 g/mol. The maximum Gasteiger partial charge on any atom is 0.470 e. The van der Waals surface area contributed by atoms with Crippen LogP contribution in [0.1, 0.15) is 26.7 Å². The van der Waals surface area contributed by atoms with Crippen molar-refractivity contribution in [3.63, 3.8) is 0 Å². The van der Waals surface area contributed by atoms with E-state index in [0.29, 0.717) is 12.3 Å². The van der Waals surface area contributed by atoms with E-state index in [4.69, 9.17) is 26.1 Å². The summed E-state index contributed by atoms with van der Waals surface area (Å²) >= 11 is 7.36. The van der Waals surface area contributed by atoms with Crippen LogP contribution in [-0.4, -0.2) is 98.0 Å². The number of carbonyl (C=O) groups excluding carboxylic acids is 1. The molecular formula is C17H32ClN2O8PS. The Morgan fingerprint density at radius 2 is 2.03 bits per heavy atom. The number of likely N-dealkylation sites (N-methyl/N-ethyl adjacent to an activating group) is 1. The van der Waals surface area contributed by atoms with Gasteiger partial charge < -0.3 is 30.1 Å². The summed E-state index contributed by atoms with van der Waals surface area (Å²) in [5.74, 6) is 0.174. The fourth-order valence-corrected chi connectivity index (χ4v) is 5.61. The first-order valence-electron chi connectivity index (χ1n) is 9.82. The van der Waals surface area contributed by atoms with Crippen molar-refractivity contribution in [1.82, 2.24) is 10.2 Å². The smallest absolute Gasteiger partial charge is 0.388 e. The van der Waals surface area contributed by atoms with Gasteiger partial charge in [-0.1, -0.05) is 13.3 Å². The van der Waals surface area contributed by atoms with Crippen LogP contribution in [0.25, 0.3) is 0 Å². The van der Waals surface area contributed by atoms with Crippen LogP contribution in [0.5, 0.6) is 0 Å². The lowest BCUT2D eigenvalue weighted by Crippen LogP contribution is -2.65. The van der Waals surface area contributed by atoms with Gasteiger partial charge in [-0.05, 0) is 32.6 Å². The van der Waals surface area contributed by atoms with Gasteiger partial charge in [0.05, 0.1) is 17.5 Å². The van der Waals surface area contributed by atoms with Crippen LogP contribution >= 0.6 is 31.2 Å². The van der Waals surface area contributed by atoms with Crippen LogP contribution in [0.4, 0.5) is 0 Å². The fraction of sp³-hybridized carbons (Fsp3) is 0.941. The molecule has 176 valence electrons. The van der Waals surface area contributed by atoms with Crippen molar-refractivity contribution >= 4 is 37.1 Å². The molecule has 0 spiro atoms. The number of alkyl halides is 1. The quantitative estimate of drug-likeness (QED) is 0.234. The second-order valence-corrected chi connectivity index (χ2v) is 10.7. The molecule has 0 bridgehead atoms. The third-order valence-electron chi connectivity index (χ3n) is 5.75. The topological polar surface area (TPSA) is 149 Å². The summed E-state index contributed by atoms with van der Waals surface area (Å²) in [7, 11) is -3.05. The van der Waals surface area contributed by atoms with Crippen molar-refractivity contribution in [3.8, 4) is 0 Å². The molecule has 0 saturated carbocycles. The normalized spacial score (nSPS) is 37.7. The van der Waals surface area contributed by atoms with E-state index in [9.17, 15) is 19.6 Å². The molecule has 0 radical (unpaired) electrons. The number of hydrogen-bond donors (Lipinski definition) is 5. The van der Waals surface area contributed by atoms with Gasteiger partial charge in [0.2, 0.25) is 5.91 Å². The molecule has 2 aliphatic rings. The molecule has 0 aromatic rings. The zero-order valence-corrected chi connectivity index (χ0v) is 19.9. The molecule has 0 unspecified atom stereocenters. The number of nitrogens with zero attached hydrogens (tertiary/aromatic N) is 1. The molecule has 2 aliphatic heterocycles. The summed E-state index contributed by atoms with van der Waals surface area (Å²) in [5, 5.41) is 23.3. The fourth-order valence-electron chi connectivity index (χ4n) is 4.05. The van der Waals surface area contributed by atoms with Gasteiger partial charge in [-0.15, -0.1) is 23.4 Å². The van der Waals surface area contributed by atoms with Crippen LogP contribution in [0.2, 0.25) is 0 Å². The SMILES string of the molecule is CC[C@@H]1C[C@H](C(=O)N[C@@H]([C@@H]2O[C@H](SC)[C@H](OP(=O)(O)O)[C@H](O)[C@H]2O)[C@H](C)Cl)N(C)C1. The lowest BCUT2D eigenvalue weighted by molar-refractivity contribution is -0.201. The van der Waals surface area contributed by atoms with E-state index in [1.165, 1.54) is 0 Å². The highest BCUT2D eigenvalue weighted by molar-refractivity contribution is 7.99. The molecule has 0 aliphatic carbocycles. The lowest BCUT2D eigenvalue weighted by atomic mass is 9.92. The highest BCUT2D eigenvalue weighted by atomic mass is 35.5. The number of phosphoric acid groups is 1. The third-order valence-corrected chi connectivity index (χ3v) is 7.38. The maximum absolute atomic E-state index is 12.9. The standard InChI is InChI=1S/C17H32ClN2O8PS/c1-5-9-6-10(20(3)7-9)16(23)19-11(8(2)18)14-12(21)13(22)15(17(27-14)30-4)28-29(24,25)26/h8-15,17,21-22H,5-7H2,1-4H3,(H,19,23)(H2,24,25,26)/t8-,9+,10+,11+,12+,13+,14-,15+,17+/m0/s1. The second kappa shape index (κ2) is 10.8. The number of aliphatic hydroxyl groups is 2. The predicted molar refractivity (Wildman–Crippen MR) is 113 cm³/mol. The van der Waals surface area contributed by atoms with E-state index in [0.717, 1.165) is 24.7 Å². The number of amides is 1. The molecule has 10 nitrogen and oxygen atoms in total. The van der Waals surface area contributed by atoms with Gasteiger partial charge in [-0.2, -0.15) is 0 Å². The number of hydrogen-bond acceptors (Lipinski definition) is 8. The van der Waals surface area contributed by atoms with Gasteiger partial charge in [0, 0.05) is 6.54 Å². The molecule has 1 amide bonds. The van der Waals surface area contributed by atoms with Gasteiger partial charge in [0.25, 0.3) is 0 Å². The molecule has 5 N–H and O–H groups in total. The molecule has 30 heavy (non-hydrogen) atoms. The summed E-state index contributed by atoms with van der Waals surface area (Å²) in [5.41, 5.74) is -0.991. The predicted octanol–water partition coefficient (Wildman–Crippen LogP) is 0.116. The highest BCUT2D eigenvalue weighted by Gasteiger charge is 2.51. The number of thioether (sulfide) groups is 1. The number of nitrogens with one attached hydrogen (secondary N) is 1. The van der Waals surface area contributed by atoms with Crippen molar-refractivity contribution in [2.45, 2.75) is 74.0 Å². The molecule has 0 aromatic carbocycles. The van der Waals surface area contributed by atoms with Crippen molar-refractivity contribution < 1.29 is 38.6 Å². The molecule has 13 heteroatoms. The van der Waals surface area contributed by atoms with Crippen LogP contribution in [0.15, 0.2) is 0 Å². The minimum Gasteiger partial charge on any atom is -0.388 e. The first kappa shape index (κ1) is 26.3. The third kappa shape index (κ3) is 6.31. The Morgan fingerprint density at radius 1 is 1.40 bits per heavy atom. The Kier molecular flexibility index (Phi) is 9.46. The molecule has 0 aromatic heterocycles.